The van der Waals surface area contributed by atoms with Crippen LogP contribution in [0.4, 0.5) is 0 Å². The van der Waals surface area contributed by atoms with Crippen molar-refractivity contribution in [3.8, 4) is 0 Å². The number of aliphatic carboxylic acids is 1. The predicted molar refractivity (Wildman–Crippen MR) is 51.3 cm³/mol. The van der Waals surface area contributed by atoms with Crippen molar-refractivity contribution in [1.82, 2.24) is 9.55 Å². The number of carboxylic acid groups (broad SMARTS) is 1. The fourth-order valence-corrected chi connectivity index (χ4v) is 2.10. The Morgan fingerprint density at radius 2 is 2.29 bits per heavy atom. The summed E-state index contributed by atoms with van der Waals surface area (Å²) in [5, 5.41) is 9.07. The highest BCUT2D eigenvalue weighted by Crippen LogP contribution is 2.27. The van der Waals surface area contributed by atoms with Gasteiger partial charge in [0, 0.05) is 12.1 Å². The Bertz CT molecular complexity index is 382. The summed E-state index contributed by atoms with van der Waals surface area (Å²) in [7, 11) is 0. The van der Waals surface area contributed by atoms with Crippen LogP contribution in [0.25, 0.3) is 0 Å². The van der Waals surface area contributed by atoms with Gasteiger partial charge in [0.2, 0.25) is 0 Å². The third-order valence-corrected chi connectivity index (χ3v) is 2.93. The van der Waals surface area contributed by atoms with Gasteiger partial charge in [-0.3, -0.25) is 0 Å². The number of imidazole rings is 1. The van der Waals surface area contributed by atoms with Crippen molar-refractivity contribution in [2.45, 2.75) is 39.2 Å². The average molecular weight is 194 g/mol. The number of aryl methyl sites for hydroxylation is 2. The number of rotatable bonds is 1. The molecule has 0 radical (unpaired) electrons. The summed E-state index contributed by atoms with van der Waals surface area (Å²) >= 11 is 0. The van der Waals surface area contributed by atoms with Crippen LogP contribution in [0.3, 0.4) is 0 Å². The molecule has 1 unspecified atom stereocenters. The molecule has 0 spiro atoms. The SMILES string of the molecule is Cc1nc2n(c1C)C(C(=O)O)CCC2. The Labute approximate surface area is 82.6 Å². The fraction of sp³-hybridized carbons (Fsp3) is 0.600. The van der Waals surface area contributed by atoms with Gasteiger partial charge in [0.15, 0.2) is 0 Å². The van der Waals surface area contributed by atoms with E-state index in [-0.39, 0.29) is 0 Å². The standard InChI is InChI=1S/C10H14N2O2/c1-6-7(2)12-8(10(13)14)4-3-5-9(12)11-6/h8H,3-5H2,1-2H3,(H,13,14). The molecular formula is C10H14N2O2. The van der Waals surface area contributed by atoms with E-state index in [0.29, 0.717) is 0 Å². The summed E-state index contributed by atoms with van der Waals surface area (Å²) in [6.07, 6.45) is 2.55. The normalized spacial score (nSPS) is 20.6. The van der Waals surface area contributed by atoms with Gasteiger partial charge < -0.3 is 9.67 Å². The van der Waals surface area contributed by atoms with E-state index in [1.165, 1.54) is 0 Å². The topological polar surface area (TPSA) is 55.1 Å². The molecule has 0 amide bonds. The third kappa shape index (κ3) is 1.22. The molecule has 1 N–H and O–H groups in total. The maximum absolute atomic E-state index is 11.0. The quantitative estimate of drug-likeness (QED) is 0.736. The lowest BCUT2D eigenvalue weighted by Gasteiger charge is -2.22. The van der Waals surface area contributed by atoms with Crippen molar-refractivity contribution < 1.29 is 9.90 Å². The Morgan fingerprint density at radius 1 is 1.57 bits per heavy atom. The van der Waals surface area contributed by atoms with Crippen LogP contribution in [0.5, 0.6) is 0 Å². The molecule has 76 valence electrons. The van der Waals surface area contributed by atoms with Gasteiger partial charge in [-0.15, -0.1) is 0 Å². The van der Waals surface area contributed by atoms with Crippen molar-refractivity contribution in [1.29, 1.82) is 0 Å². The minimum absolute atomic E-state index is 0.403. The van der Waals surface area contributed by atoms with Gasteiger partial charge in [-0.25, -0.2) is 9.78 Å². The number of nitrogens with zero attached hydrogens (tertiary/aromatic N) is 2. The highest BCUT2D eigenvalue weighted by atomic mass is 16.4. The molecule has 0 bridgehead atoms. The second kappa shape index (κ2) is 3.12. The van der Waals surface area contributed by atoms with E-state index in [9.17, 15) is 4.79 Å². The van der Waals surface area contributed by atoms with E-state index in [1.54, 1.807) is 0 Å². The first-order valence-corrected chi connectivity index (χ1v) is 4.88. The van der Waals surface area contributed by atoms with Crippen LogP contribution >= 0.6 is 0 Å². The number of fused-ring (bicyclic) bond motifs is 1. The van der Waals surface area contributed by atoms with Crippen molar-refractivity contribution in [2.24, 2.45) is 0 Å². The number of carboxylic acids is 1. The smallest absolute Gasteiger partial charge is 0.326 e. The number of aromatic nitrogens is 2. The molecule has 0 aromatic carbocycles. The molecule has 1 aliphatic heterocycles. The minimum atomic E-state index is -0.744. The van der Waals surface area contributed by atoms with E-state index in [1.807, 2.05) is 18.4 Å². The van der Waals surface area contributed by atoms with Gasteiger partial charge in [0.1, 0.15) is 11.9 Å². The number of hydrogen-bond acceptors (Lipinski definition) is 2. The van der Waals surface area contributed by atoms with Crippen LogP contribution in [0.15, 0.2) is 0 Å². The molecule has 4 nitrogen and oxygen atoms in total. The fourth-order valence-electron chi connectivity index (χ4n) is 2.10. The van der Waals surface area contributed by atoms with Crippen LogP contribution in [0.1, 0.15) is 36.1 Å². The van der Waals surface area contributed by atoms with Gasteiger partial charge in [-0.1, -0.05) is 0 Å². The van der Waals surface area contributed by atoms with Crippen LogP contribution in [-0.2, 0) is 11.2 Å². The number of hydrogen-bond donors (Lipinski definition) is 1. The second-order valence-electron chi connectivity index (χ2n) is 3.82. The van der Waals surface area contributed by atoms with Crippen LogP contribution in [-0.4, -0.2) is 20.6 Å². The first-order chi connectivity index (χ1) is 6.61. The van der Waals surface area contributed by atoms with Crippen molar-refractivity contribution in [2.75, 3.05) is 0 Å². The lowest BCUT2D eigenvalue weighted by atomic mass is 10.0. The monoisotopic (exact) mass is 194 g/mol. The zero-order chi connectivity index (χ0) is 10.3. The largest absolute Gasteiger partial charge is 0.480 e. The molecule has 0 fully saturated rings. The van der Waals surface area contributed by atoms with Crippen molar-refractivity contribution >= 4 is 5.97 Å². The molecule has 1 atom stereocenters. The third-order valence-electron chi connectivity index (χ3n) is 2.93. The maximum atomic E-state index is 11.0. The lowest BCUT2D eigenvalue weighted by Crippen LogP contribution is -2.25. The molecule has 1 aromatic heterocycles. The summed E-state index contributed by atoms with van der Waals surface area (Å²) in [4.78, 5) is 15.4. The Kier molecular flexibility index (Phi) is 2.06. The zero-order valence-electron chi connectivity index (χ0n) is 8.45. The summed E-state index contributed by atoms with van der Waals surface area (Å²) in [6, 6.07) is -0.403. The van der Waals surface area contributed by atoms with Gasteiger partial charge >= 0.3 is 5.97 Å². The Balaban J connectivity index is 2.52. The van der Waals surface area contributed by atoms with Gasteiger partial charge in [-0.2, -0.15) is 0 Å². The minimum Gasteiger partial charge on any atom is -0.480 e. The van der Waals surface area contributed by atoms with E-state index >= 15 is 0 Å². The Hall–Kier alpha value is -1.32. The highest BCUT2D eigenvalue weighted by Gasteiger charge is 2.28. The molecular weight excluding hydrogens is 180 g/mol. The molecule has 0 saturated heterocycles. The first kappa shape index (κ1) is 9.24. The van der Waals surface area contributed by atoms with E-state index in [4.69, 9.17) is 5.11 Å². The summed E-state index contributed by atoms with van der Waals surface area (Å²) in [5.74, 6) is 0.185. The maximum Gasteiger partial charge on any atom is 0.326 e. The van der Waals surface area contributed by atoms with Crippen molar-refractivity contribution in [3.05, 3.63) is 17.2 Å². The molecule has 4 heteroatoms. The molecule has 0 saturated carbocycles. The molecule has 2 heterocycles. The van der Waals surface area contributed by atoms with Gasteiger partial charge in [0.25, 0.3) is 0 Å². The molecule has 1 aliphatic rings. The molecule has 2 rings (SSSR count). The van der Waals surface area contributed by atoms with E-state index in [2.05, 4.69) is 4.98 Å². The number of carbonyl (C=O) groups is 1. The van der Waals surface area contributed by atoms with Gasteiger partial charge in [0.05, 0.1) is 5.69 Å². The van der Waals surface area contributed by atoms with Crippen LogP contribution < -0.4 is 0 Å². The first-order valence-electron chi connectivity index (χ1n) is 4.88. The Morgan fingerprint density at radius 3 is 2.93 bits per heavy atom. The summed E-state index contributed by atoms with van der Waals surface area (Å²) in [6.45, 7) is 3.87. The van der Waals surface area contributed by atoms with E-state index in [0.717, 1.165) is 36.5 Å². The summed E-state index contributed by atoms with van der Waals surface area (Å²) < 4.78 is 1.88. The predicted octanol–water partition coefficient (Wildman–Crippen LogP) is 1.46. The van der Waals surface area contributed by atoms with E-state index < -0.39 is 12.0 Å². The highest BCUT2D eigenvalue weighted by molar-refractivity contribution is 5.72. The summed E-state index contributed by atoms with van der Waals surface area (Å²) in [5.41, 5.74) is 1.94. The van der Waals surface area contributed by atoms with Gasteiger partial charge in [-0.05, 0) is 26.7 Å². The zero-order valence-corrected chi connectivity index (χ0v) is 8.45. The second-order valence-corrected chi connectivity index (χ2v) is 3.82. The molecule has 1 aromatic rings. The lowest BCUT2D eigenvalue weighted by molar-refractivity contribution is -0.141. The molecule has 0 aliphatic carbocycles. The van der Waals surface area contributed by atoms with Crippen LogP contribution in [0.2, 0.25) is 0 Å². The molecule has 14 heavy (non-hydrogen) atoms. The average Bonchev–Trinajstić information content (AvgIpc) is 2.43. The van der Waals surface area contributed by atoms with Crippen molar-refractivity contribution in [3.63, 3.8) is 0 Å². The van der Waals surface area contributed by atoms with Crippen LogP contribution in [0, 0.1) is 13.8 Å².